The molecule has 0 spiro atoms. The highest BCUT2D eigenvalue weighted by Gasteiger charge is 2.09. The average Bonchev–Trinajstić information content (AvgIpc) is 2.65. The summed E-state index contributed by atoms with van der Waals surface area (Å²) in [6.07, 6.45) is 5.24. The van der Waals surface area contributed by atoms with Gasteiger partial charge in [0, 0.05) is 30.6 Å². The Bertz CT molecular complexity index is 1010. The highest BCUT2D eigenvalue weighted by atomic mass is 79.9. The van der Waals surface area contributed by atoms with Crippen LogP contribution in [0.4, 0.5) is 11.6 Å². The molecule has 138 valence electrons. The lowest BCUT2D eigenvalue weighted by molar-refractivity contribution is 0.843. The SMILES string of the molecule is CN/C=C(\C(=N)Br)c1cnc2ccc(Nc3cc(C(C)C)cnn3)nc2c1. The molecule has 0 fully saturated rings. The van der Waals surface area contributed by atoms with Crippen LogP contribution in [0.5, 0.6) is 0 Å². The maximum absolute atomic E-state index is 7.88. The molecule has 7 nitrogen and oxygen atoms in total. The third-order valence-electron chi connectivity index (χ3n) is 3.97. The number of fused-ring (bicyclic) bond motifs is 1. The van der Waals surface area contributed by atoms with Crippen LogP contribution in [0.3, 0.4) is 0 Å². The molecule has 3 aromatic heterocycles. The molecule has 3 rings (SSSR count). The number of aromatic nitrogens is 4. The molecule has 3 aromatic rings. The van der Waals surface area contributed by atoms with E-state index in [2.05, 4.69) is 60.6 Å². The first-order valence-corrected chi connectivity index (χ1v) is 9.26. The highest BCUT2D eigenvalue weighted by molar-refractivity contribution is 9.18. The molecule has 0 saturated heterocycles. The first-order valence-electron chi connectivity index (χ1n) is 8.46. The summed E-state index contributed by atoms with van der Waals surface area (Å²) in [4.78, 5) is 9.08. The van der Waals surface area contributed by atoms with E-state index in [1.165, 1.54) is 0 Å². The molecule has 0 bridgehead atoms. The number of anilines is 2. The topological polar surface area (TPSA) is 99.5 Å². The Morgan fingerprint density at radius 3 is 2.67 bits per heavy atom. The minimum atomic E-state index is 0.271. The van der Waals surface area contributed by atoms with Gasteiger partial charge in [0.05, 0.1) is 17.2 Å². The van der Waals surface area contributed by atoms with Gasteiger partial charge in [-0.15, -0.1) is 5.10 Å². The summed E-state index contributed by atoms with van der Waals surface area (Å²) in [6.45, 7) is 4.22. The van der Waals surface area contributed by atoms with Crippen molar-refractivity contribution in [1.82, 2.24) is 25.5 Å². The van der Waals surface area contributed by atoms with Crippen molar-refractivity contribution in [3.05, 3.63) is 54.0 Å². The van der Waals surface area contributed by atoms with Crippen molar-refractivity contribution in [2.75, 3.05) is 12.4 Å². The first kappa shape index (κ1) is 18.9. The summed E-state index contributed by atoms with van der Waals surface area (Å²) in [7, 11) is 1.79. The van der Waals surface area contributed by atoms with Crippen LogP contribution in [0.2, 0.25) is 0 Å². The van der Waals surface area contributed by atoms with Gasteiger partial charge in [-0.2, -0.15) is 5.10 Å². The van der Waals surface area contributed by atoms with Gasteiger partial charge >= 0.3 is 0 Å². The van der Waals surface area contributed by atoms with E-state index in [0.29, 0.717) is 23.1 Å². The Hall–Kier alpha value is -2.87. The molecular formula is C19H20BrN7. The Kier molecular flexibility index (Phi) is 5.75. The zero-order valence-corrected chi connectivity index (χ0v) is 16.9. The summed E-state index contributed by atoms with van der Waals surface area (Å²) >= 11 is 3.22. The number of hydrogen-bond acceptors (Lipinski definition) is 7. The number of pyridine rings is 2. The Morgan fingerprint density at radius 2 is 1.96 bits per heavy atom. The van der Waals surface area contributed by atoms with Crippen molar-refractivity contribution in [3.63, 3.8) is 0 Å². The zero-order valence-electron chi connectivity index (χ0n) is 15.3. The molecule has 8 heteroatoms. The van der Waals surface area contributed by atoms with E-state index in [4.69, 9.17) is 5.41 Å². The van der Waals surface area contributed by atoms with E-state index in [-0.39, 0.29) is 4.62 Å². The maximum Gasteiger partial charge on any atom is 0.154 e. The van der Waals surface area contributed by atoms with Crippen molar-refractivity contribution < 1.29 is 0 Å². The number of nitrogens with zero attached hydrogens (tertiary/aromatic N) is 4. The van der Waals surface area contributed by atoms with Gasteiger partial charge in [-0.3, -0.25) is 10.4 Å². The van der Waals surface area contributed by atoms with E-state index in [1.807, 2.05) is 24.3 Å². The largest absolute Gasteiger partial charge is 0.393 e. The molecule has 3 N–H and O–H groups in total. The number of allylic oxidation sites excluding steroid dienone is 1. The number of nitrogens with one attached hydrogen (secondary N) is 3. The summed E-state index contributed by atoms with van der Waals surface area (Å²) in [5, 5.41) is 22.2. The summed E-state index contributed by atoms with van der Waals surface area (Å²) in [6, 6.07) is 7.63. The zero-order chi connectivity index (χ0) is 19.4. The monoisotopic (exact) mass is 425 g/mol. The smallest absolute Gasteiger partial charge is 0.154 e. The van der Waals surface area contributed by atoms with E-state index in [9.17, 15) is 0 Å². The predicted molar refractivity (Wildman–Crippen MR) is 113 cm³/mol. The quantitative estimate of drug-likeness (QED) is 0.511. The van der Waals surface area contributed by atoms with Crippen molar-refractivity contribution in [3.8, 4) is 0 Å². The van der Waals surface area contributed by atoms with Crippen molar-refractivity contribution in [1.29, 1.82) is 5.41 Å². The van der Waals surface area contributed by atoms with Gasteiger partial charge < -0.3 is 10.6 Å². The van der Waals surface area contributed by atoms with Crippen molar-refractivity contribution in [2.24, 2.45) is 0 Å². The molecule has 0 aromatic carbocycles. The van der Waals surface area contributed by atoms with Gasteiger partial charge in [-0.05, 0) is 51.7 Å². The second-order valence-electron chi connectivity index (χ2n) is 6.27. The molecule has 0 amide bonds. The predicted octanol–water partition coefficient (Wildman–Crippen LogP) is 4.22. The fourth-order valence-electron chi connectivity index (χ4n) is 2.53. The third-order valence-corrected chi connectivity index (χ3v) is 4.40. The normalized spacial score (nSPS) is 11.7. The lowest BCUT2D eigenvalue weighted by atomic mass is 10.1. The molecular weight excluding hydrogens is 406 g/mol. The van der Waals surface area contributed by atoms with Gasteiger partial charge in [-0.1, -0.05) is 13.8 Å². The van der Waals surface area contributed by atoms with E-state index in [0.717, 1.165) is 22.2 Å². The Labute approximate surface area is 166 Å². The van der Waals surface area contributed by atoms with E-state index >= 15 is 0 Å². The minimum absolute atomic E-state index is 0.271. The second kappa shape index (κ2) is 8.22. The van der Waals surface area contributed by atoms with Crippen LogP contribution in [0.1, 0.15) is 30.9 Å². The van der Waals surface area contributed by atoms with Crippen LogP contribution in [0, 0.1) is 5.41 Å². The molecule has 27 heavy (non-hydrogen) atoms. The molecule has 0 aliphatic carbocycles. The summed E-state index contributed by atoms with van der Waals surface area (Å²) in [5.74, 6) is 1.68. The standard InChI is InChI=1S/C19H20BrN7/c1-11(2)12-7-18(27-24-9-12)26-17-5-4-15-16(25-17)6-13(8-23-15)14(10-22-3)19(20)21/h4-11,21-22H,1-3H3,(H,25,26,27)/b14-10-,21-19?. The average molecular weight is 426 g/mol. The van der Waals surface area contributed by atoms with E-state index < -0.39 is 0 Å². The summed E-state index contributed by atoms with van der Waals surface area (Å²) < 4.78 is 0.271. The van der Waals surface area contributed by atoms with Gasteiger partial charge in [0.15, 0.2) is 5.82 Å². The highest BCUT2D eigenvalue weighted by Crippen LogP contribution is 2.23. The van der Waals surface area contributed by atoms with Gasteiger partial charge in [0.2, 0.25) is 0 Å². The Balaban J connectivity index is 1.95. The molecule has 0 radical (unpaired) electrons. The van der Waals surface area contributed by atoms with Crippen molar-refractivity contribution in [2.45, 2.75) is 19.8 Å². The van der Waals surface area contributed by atoms with Crippen LogP contribution in [-0.2, 0) is 0 Å². The molecule has 0 saturated carbocycles. The number of rotatable bonds is 6. The first-order chi connectivity index (χ1) is 13.0. The van der Waals surface area contributed by atoms with E-state index in [1.54, 1.807) is 25.6 Å². The molecule has 0 aliphatic rings. The minimum Gasteiger partial charge on any atom is -0.393 e. The molecule has 0 atom stereocenters. The van der Waals surface area contributed by atoms with Gasteiger partial charge in [-0.25, -0.2) is 4.98 Å². The lowest BCUT2D eigenvalue weighted by Crippen LogP contribution is -2.02. The fourth-order valence-corrected chi connectivity index (χ4v) is 2.87. The molecule has 0 aliphatic heterocycles. The maximum atomic E-state index is 7.88. The number of hydrogen-bond donors (Lipinski definition) is 3. The number of halogens is 1. The molecule has 3 heterocycles. The van der Waals surface area contributed by atoms with Crippen LogP contribution < -0.4 is 10.6 Å². The Morgan fingerprint density at radius 1 is 1.15 bits per heavy atom. The molecule has 0 unspecified atom stereocenters. The summed E-state index contributed by atoms with van der Waals surface area (Å²) in [5.41, 5.74) is 4.10. The second-order valence-corrected chi connectivity index (χ2v) is 7.07. The third kappa shape index (κ3) is 4.46. The van der Waals surface area contributed by atoms with Gasteiger partial charge in [0.25, 0.3) is 0 Å². The fraction of sp³-hybridized carbons (Fsp3) is 0.211. The van der Waals surface area contributed by atoms with Gasteiger partial charge in [0.1, 0.15) is 10.4 Å². The van der Waals surface area contributed by atoms with Crippen LogP contribution in [0.15, 0.2) is 42.9 Å². The lowest BCUT2D eigenvalue weighted by Gasteiger charge is -2.09. The van der Waals surface area contributed by atoms with Crippen LogP contribution in [-0.4, -0.2) is 31.8 Å². The van der Waals surface area contributed by atoms with Crippen LogP contribution in [0.25, 0.3) is 16.6 Å². The van der Waals surface area contributed by atoms with Crippen LogP contribution >= 0.6 is 15.9 Å². The van der Waals surface area contributed by atoms with Crippen molar-refractivity contribution >= 4 is 48.8 Å².